The molecule has 0 aliphatic carbocycles. The molecule has 2 aromatic heterocycles. The minimum absolute atomic E-state index is 0.317. The summed E-state index contributed by atoms with van der Waals surface area (Å²) in [5, 5.41) is 9.44. The van der Waals surface area contributed by atoms with Gasteiger partial charge in [-0.05, 0) is 48.5 Å². The Bertz CT molecular complexity index is 1090. The number of anilines is 1. The zero-order chi connectivity index (χ0) is 18.8. The zero-order valence-electron chi connectivity index (χ0n) is 13.8. The van der Waals surface area contributed by atoms with E-state index in [1.165, 1.54) is 40.3 Å². The zero-order valence-corrected chi connectivity index (χ0v) is 14.6. The number of nitrogens with zero attached hydrogens (tertiary/aromatic N) is 3. The van der Waals surface area contributed by atoms with Crippen molar-refractivity contribution in [3.05, 3.63) is 71.6 Å². The number of hydrogen-bond acceptors (Lipinski definition) is 4. The van der Waals surface area contributed by atoms with E-state index in [1.807, 2.05) is 5.38 Å². The summed E-state index contributed by atoms with van der Waals surface area (Å²) in [5.74, 6) is -0.222. The van der Waals surface area contributed by atoms with Crippen LogP contribution in [0.4, 0.5) is 14.6 Å². The van der Waals surface area contributed by atoms with E-state index in [9.17, 15) is 13.6 Å². The summed E-state index contributed by atoms with van der Waals surface area (Å²) in [6.45, 7) is 0. The molecule has 5 nitrogen and oxygen atoms in total. The van der Waals surface area contributed by atoms with Gasteiger partial charge in [-0.25, -0.2) is 13.8 Å². The van der Waals surface area contributed by atoms with Crippen molar-refractivity contribution < 1.29 is 13.6 Å². The van der Waals surface area contributed by atoms with E-state index in [0.717, 1.165) is 5.56 Å². The largest absolute Gasteiger partial charge is 0.313 e. The van der Waals surface area contributed by atoms with Gasteiger partial charge in [-0.15, -0.1) is 11.3 Å². The highest BCUT2D eigenvalue weighted by Gasteiger charge is 2.14. The standard InChI is InChI=1S/C19H12F2N4OS/c20-14-5-1-12(2-6-14)16-9-18(22-11-26)25(24-16)19-23-17(10-27-19)13-3-7-15(21)8-4-13/h1-11H,(H,22,26). The molecule has 4 aromatic rings. The van der Waals surface area contributed by atoms with E-state index in [0.29, 0.717) is 34.3 Å². The fourth-order valence-corrected chi connectivity index (χ4v) is 3.36. The molecule has 0 spiro atoms. The summed E-state index contributed by atoms with van der Waals surface area (Å²) in [6.07, 6.45) is 0.552. The summed E-state index contributed by atoms with van der Waals surface area (Å²) < 4.78 is 27.8. The van der Waals surface area contributed by atoms with E-state index in [4.69, 9.17) is 0 Å². The molecule has 0 saturated carbocycles. The van der Waals surface area contributed by atoms with E-state index in [-0.39, 0.29) is 11.6 Å². The Hall–Kier alpha value is -3.39. The Morgan fingerprint density at radius 1 is 0.926 bits per heavy atom. The van der Waals surface area contributed by atoms with Crippen molar-refractivity contribution in [1.82, 2.24) is 14.8 Å². The Kier molecular flexibility index (Phi) is 4.47. The molecule has 0 aliphatic rings. The molecule has 0 atom stereocenters. The first-order chi connectivity index (χ1) is 13.1. The maximum atomic E-state index is 13.1. The maximum Gasteiger partial charge on any atom is 0.212 e. The third-order valence-corrected chi connectivity index (χ3v) is 4.69. The summed E-state index contributed by atoms with van der Waals surface area (Å²) >= 11 is 1.33. The number of amides is 1. The third-order valence-electron chi connectivity index (χ3n) is 3.87. The highest BCUT2D eigenvalue weighted by atomic mass is 32.1. The van der Waals surface area contributed by atoms with Gasteiger partial charge >= 0.3 is 0 Å². The second kappa shape index (κ2) is 7.08. The van der Waals surface area contributed by atoms with Crippen molar-refractivity contribution >= 4 is 23.6 Å². The first-order valence-corrected chi connectivity index (χ1v) is 8.80. The minimum atomic E-state index is -0.340. The summed E-state index contributed by atoms with van der Waals surface area (Å²) in [6, 6.07) is 13.6. The summed E-state index contributed by atoms with van der Waals surface area (Å²) in [7, 11) is 0. The van der Waals surface area contributed by atoms with Crippen molar-refractivity contribution in [2.75, 3.05) is 5.32 Å². The maximum absolute atomic E-state index is 13.1. The lowest BCUT2D eigenvalue weighted by Gasteiger charge is -2.01. The Morgan fingerprint density at radius 2 is 1.52 bits per heavy atom. The topological polar surface area (TPSA) is 59.8 Å². The Labute approximate surface area is 156 Å². The Morgan fingerprint density at radius 3 is 2.11 bits per heavy atom. The highest BCUT2D eigenvalue weighted by Crippen LogP contribution is 2.29. The van der Waals surface area contributed by atoms with Crippen molar-refractivity contribution in [3.8, 4) is 27.6 Å². The van der Waals surface area contributed by atoms with E-state index < -0.39 is 0 Å². The van der Waals surface area contributed by atoms with Crippen LogP contribution in [0.5, 0.6) is 0 Å². The van der Waals surface area contributed by atoms with Crippen LogP contribution in [0.25, 0.3) is 27.6 Å². The SMILES string of the molecule is O=CNc1cc(-c2ccc(F)cc2)nn1-c1nc(-c2ccc(F)cc2)cs1. The van der Waals surface area contributed by atoms with Gasteiger partial charge in [0.15, 0.2) is 0 Å². The number of halogens is 2. The molecular weight excluding hydrogens is 370 g/mol. The first-order valence-electron chi connectivity index (χ1n) is 7.92. The quantitative estimate of drug-likeness (QED) is 0.517. The second-order valence-electron chi connectivity index (χ2n) is 5.62. The molecule has 2 heterocycles. The number of aromatic nitrogens is 3. The molecule has 0 fully saturated rings. The summed E-state index contributed by atoms with van der Waals surface area (Å²) in [4.78, 5) is 15.5. The van der Waals surface area contributed by atoms with Gasteiger partial charge in [0.25, 0.3) is 0 Å². The first kappa shape index (κ1) is 17.0. The lowest BCUT2D eigenvalue weighted by atomic mass is 10.1. The van der Waals surface area contributed by atoms with Gasteiger partial charge in [0.1, 0.15) is 17.5 Å². The fourth-order valence-electron chi connectivity index (χ4n) is 2.57. The third kappa shape index (κ3) is 3.47. The predicted octanol–water partition coefficient (Wildman–Crippen LogP) is 4.51. The van der Waals surface area contributed by atoms with Gasteiger partial charge in [-0.2, -0.15) is 9.78 Å². The van der Waals surface area contributed by atoms with Crippen LogP contribution < -0.4 is 5.32 Å². The van der Waals surface area contributed by atoms with Crippen LogP contribution in [0.1, 0.15) is 0 Å². The molecular formula is C19H12F2N4OS. The van der Waals surface area contributed by atoms with Gasteiger partial charge in [0.05, 0.1) is 11.4 Å². The van der Waals surface area contributed by atoms with Crippen molar-refractivity contribution in [3.63, 3.8) is 0 Å². The van der Waals surface area contributed by atoms with E-state index >= 15 is 0 Å². The van der Waals surface area contributed by atoms with Crippen LogP contribution in [0.3, 0.4) is 0 Å². The van der Waals surface area contributed by atoms with E-state index in [2.05, 4.69) is 15.4 Å². The lowest BCUT2D eigenvalue weighted by molar-refractivity contribution is -0.105. The van der Waals surface area contributed by atoms with Crippen LogP contribution in [0.2, 0.25) is 0 Å². The molecule has 1 amide bonds. The van der Waals surface area contributed by atoms with Crippen LogP contribution in [-0.2, 0) is 4.79 Å². The number of benzene rings is 2. The fraction of sp³-hybridized carbons (Fsp3) is 0. The molecule has 0 aliphatic heterocycles. The monoisotopic (exact) mass is 382 g/mol. The van der Waals surface area contributed by atoms with Crippen molar-refractivity contribution in [2.24, 2.45) is 0 Å². The number of carbonyl (C=O) groups is 1. The van der Waals surface area contributed by atoms with Gasteiger partial charge in [-0.1, -0.05) is 0 Å². The van der Waals surface area contributed by atoms with Crippen molar-refractivity contribution in [2.45, 2.75) is 0 Å². The van der Waals surface area contributed by atoms with Crippen LogP contribution in [-0.4, -0.2) is 21.2 Å². The lowest BCUT2D eigenvalue weighted by Crippen LogP contribution is -2.04. The predicted molar refractivity (Wildman–Crippen MR) is 99.7 cm³/mol. The molecule has 0 unspecified atom stereocenters. The smallest absolute Gasteiger partial charge is 0.212 e. The average Bonchev–Trinajstić information content (AvgIpc) is 3.31. The number of rotatable bonds is 5. The summed E-state index contributed by atoms with van der Waals surface area (Å²) in [5.41, 5.74) is 2.72. The molecule has 2 aromatic carbocycles. The van der Waals surface area contributed by atoms with Crippen LogP contribution >= 0.6 is 11.3 Å². The van der Waals surface area contributed by atoms with E-state index in [1.54, 1.807) is 30.3 Å². The number of nitrogens with one attached hydrogen (secondary N) is 1. The molecule has 4 rings (SSSR count). The molecule has 0 radical (unpaired) electrons. The van der Waals surface area contributed by atoms with Crippen LogP contribution in [0, 0.1) is 11.6 Å². The van der Waals surface area contributed by atoms with Crippen LogP contribution in [0.15, 0.2) is 60.0 Å². The Balaban J connectivity index is 1.73. The molecule has 0 saturated heterocycles. The molecule has 0 bridgehead atoms. The minimum Gasteiger partial charge on any atom is -0.313 e. The second-order valence-corrected chi connectivity index (χ2v) is 6.45. The highest BCUT2D eigenvalue weighted by molar-refractivity contribution is 7.12. The average molecular weight is 382 g/mol. The molecule has 27 heavy (non-hydrogen) atoms. The normalized spacial score (nSPS) is 10.7. The van der Waals surface area contributed by atoms with Gasteiger partial charge in [0, 0.05) is 22.6 Å². The molecule has 134 valence electrons. The molecule has 1 N–H and O–H groups in total. The van der Waals surface area contributed by atoms with Gasteiger partial charge in [-0.3, -0.25) is 4.79 Å². The van der Waals surface area contributed by atoms with Gasteiger partial charge < -0.3 is 5.32 Å². The molecule has 8 heteroatoms. The number of thiazole rings is 1. The van der Waals surface area contributed by atoms with Crippen molar-refractivity contribution in [1.29, 1.82) is 0 Å². The van der Waals surface area contributed by atoms with Gasteiger partial charge in [0.2, 0.25) is 11.5 Å². The number of carbonyl (C=O) groups excluding carboxylic acids is 1. The number of hydrogen-bond donors (Lipinski definition) is 1.